The first-order valence-electron chi connectivity index (χ1n) is 7.11. The van der Waals surface area contributed by atoms with E-state index in [1.165, 1.54) is 11.9 Å². The highest BCUT2D eigenvalue weighted by Gasteiger charge is 2.38. The summed E-state index contributed by atoms with van der Waals surface area (Å²) >= 11 is 0. The van der Waals surface area contributed by atoms with Crippen LogP contribution in [0.4, 0.5) is 0 Å². The lowest BCUT2D eigenvalue weighted by Crippen LogP contribution is -2.55. The van der Waals surface area contributed by atoms with Crippen LogP contribution in [0.2, 0.25) is 0 Å². The van der Waals surface area contributed by atoms with E-state index >= 15 is 0 Å². The highest BCUT2D eigenvalue weighted by Crippen LogP contribution is 2.41. The number of hydrogen-bond donors (Lipinski definition) is 3. The molecule has 0 saturated heterocycles. The molecule has 0 aromatic carbocycles. The van der Waals surface area contributed by atoms with Crippen molar-refractivity contribution in [3.8, 4) is 0 Å². The van der Waals surface area contributed by atoms with E-state index in [4.69, 9.17) is 0 Å². The van der Waals surface area contributed by atoms with Gasteiger partial charge in [0, 0.05) is 14.1 Å². The number of amides is 2. The van der Waals surface area contributed by atoms with Crippen molar-refractivity contribution in [2.45, 2.75) is 39.8 Å². The SMILES string of the molecule is CC(C)C(C(=O)N[C@H](C(=O)N(C)C)C(C)C)N(C)P(=O)(O)O. The maximum Gasteiger partial charge on any atom is 0.403 e. The minimum Gasteiger partial charge on any atom is -0.347 e. The molecule has 0 radical (unpaired) electrons. The van der Waals surface area contributed by atoms with Gasteiger partial charge in [-0.05, 0) is 18.9 Å². The molecule has 2 atom stereocenters. The molecule has 0 aliphatic rings. The molecule has 130 valence electrons. The van der Waals surface area contributed by atoms with Crippen LogP contribution >= 0.6 is 7.75 Å². The van der Waals surface area contributed by atoms with Crippen molar-refractivity contribution in [3.05, 3.63) is 0 Å². The van der Waals surface area contributed by atoms with Gasteiger partial charge in [-0.2, -0.15) is 4.67 Å². The molecule has 0 rings (SSSR count). The van der Waals surface area contributed by atoms with E-state index in [1.807, 2.05) is 0 Å². The van der Waals surface area contributed by atoms with Crippen LogP contribution in [0.3, 0.4) is 0 Å². The van der Waals surface area contributed by atoms with E-state index in [2.05, 4.69) is 5.32 Å². The predicted molar refractivity (Wildman–Crippen MR) is 83.9 cm³/mol. The number of nitrogens with one attached hydrogen (secondary N) is 1. The number of carbonyl (C=O) groups is 2. The van der Waals surface area contributed by atoms with Crippen molar-refractivity contribution >= 4 is 19.6 Å². The van der Waals surface area contributed by atoms with E-state index in [1.54, 1.807) is 41.8 Å². The van der Waals surface area contributed by atoms with Crippen LogP contribution < -0.4 is 5.32 Å². The zero-order chi connectivity index (χ0) is 17.8. The van der Waals surface area contributed by atoms with Crippen molar-refractivity contribution < 1.29 is 23.9 Å². The summed E-state index contributed by atoms with van der Waals surface area (Å²) in [6.45, 7) is 6.97. The molecule has 2 amide bonds. The summed E-state index contributed by atoms with van der Waals surface area (Å²) in [4.78, 5) is 44.5. The molecule has 1 unspecified atom stereocenters. The van der Waals surface area contributed by atoms with Gasteiger partial charge in [0.2, 0.25) is 11.8 Å². The van der Waals surface area contributed by atoms with Crippen LogP contribution in [0, 0.1) is 11.8 Å². The zero-order valence-electron chi connectivity index (χ0n) is 14.3. The number of rotatable bonds is 7. The third-order valence-electron chi connectivity index (χ3n) is 3.38. The Morgan fingerprint density at radius 1 is 1.00 bits per heavy atom. The first kappa shape index (κ1) is 21.0. The van der Waals surface area contributed by atoms with Crippen LogP contribution in [0.1, 0.15) is 27.7 Å². The molecule has 0 fully saturated rings. The Bertz CT molecular complexity index is 447. The molecule has 8 nitrogen and oxygen atoms in total. The van der Waals surface area contributed by atoms with Gasteiger partial charge in [-0.15, -0.1) is 0 Å². The Morgan fingerprint density at radius 2 is 1.45 bits per heavy atom. The van der Waals surface area contributed by atoms with Crippen LogP contribution in [-0.2, 0) is 14.2 Å². The summed E-state index contributed by atoms with van der Waals surface area (Å²) in [5, 5.41) is 2.62. The van der Waals surface area contributed by atoms with E-state index in [-0.39, 0.29) is 17.7 Å². The molecular weight excluding hydrogens is 309 g/mol. The molecule has 0 aliphatic heterocycles. The smallest absolute Gasteiger partial charge is 0.347 e. The fourth-order valence-electron chi connectivity index (χ4n) is 2.10. The molecule has 0 aromatic heterocycles. The maximum absolute atomic E-state index is 12.4. The third-order valence-corrected chi connectivity index (χ3v) is 4.46. The van der Waals surface area contributed by atoms with Crippen molar-refractivity contribution in [3.63, 3.8) is 0 Å². The lowest BCUT2D eigenvalue weighted by atomic mass is 9.99. The summed E-state index contributed by atoms with van der Waals surface area (Å²) in [5.41, 5.74) is 0. The molecular formula is C13H28N3O5P. The van der Waals surface area contributed by atoms with Gasteiger partial charge >= 0.3 is 7.75 Å². The van der Waals surface area contributed by atoms with Gasteiger partial charge in [0.1, 0.15) is 12.1 Å². The first-order valence-corrected chi connectivity index (χ1v) is 8.67. The van der Waals surface area contributed by atoms with Gasteiger partial charge in [0.05, 0.1) is 0 Å². The Balaban J connectivity index is 5.33. The second-order valence-electron chi connectivity index (χ2n) is 6.24. The highest BCUT2D eigenvalue weighted by molar-refractivity contribution is 7.49. The normalized spacial score (nSPS) is 15.1. The van der Waals surface area contributed by atoms with Gasteiger partial charge in [-0.1, -0.05) is 27.7 Å². The summed E-state index contributed by atoms with van der Waals surface area (Å²) in [7, 11) is -0.178. The Labute approximate surface area is 132 Å². The molecule has 0 spiro atoms. The summed E-state index contributed by atoms with van der Waals surface area (Å²) < 4.78 is 12.1. The zero-order valence-corrected chi connectivity index (χ0v) is 15.2. The fraction of sp³-hybridized carbons (Fsp3) is 0.846. The largest absolute Gasteiger partial charge is 0.403 e. The van der Waals surface area contributed by atoms with Crippen LogP contribution in [0.15, 0.2) is 0 Å². The number of nitrogens with zero attached hydrogens (tertiary/aromatic N) is 2. The lowest BCUT2D eigenvalue weighted by molar-refractivity contribution is -0.137. The van der Waals surface area contributed by atoms with Crippen LogP contribution in [-0.4, -0.2) is 64.4 Å². The predicted octanol–water partition coefficient (Wildman–Crippen LogP) is 0.265. The van der Waals surface area contributed by atoms with Crippen molar-refractivity contribution in [1.29, 1.82) is 0 Å². The molecule has 0 saturated carbocycles. The van der Waals surface area contributed by atoms with E-state index < -0.39 is 25.7 Å². The Kier molecular flexibility index (Phi) is 7.71. The minimum atomic E-state index is -4.55. The first-order chi connectivity index (χ1) is 9.80. The minimum absolute atomic E-state index is 0.146. The van der Waals surface area contributed by atoms with Crippen LogP contribution in [0.5, 0.6) is 0 Å². The topological polar surface area (TPSA) is 110 Å². The van der Waals surface area contributed by atoms with Gasteiger partial charge in [0.25, 0.3) is 0 Å². The average molecular weight is 337 g/mol. The van der Waals surface area contributed by atoms with Crippen molar-refractivity contribution in [1.82, 2.24) is 14.9 Å². The Hall–Kier alpha value is -0.950. The van der Waals surface area contributed by atoms with Gasteiger partial charge < -0.3 is 20.0 Å². The number of hydrogen-bond acceptors (Lipinski definition) is 3. The lowest BCUT2D eigenvalue weighted by Gasteiger charge is -2.32. The van der Waals surface area contributed by atoms with Gasteiger partial charge in [-0.25, -0.2) is 4.57 Å². The standard InChI is InChI=1S/C13H28N3O5P/c1-8(2)10(13(18)15(5)6)14-12(17)11(9(3)4)16(7)22(19,20)21/h8-11H,1-7H3,(H,14,17)(H2,19,20,21)/t10-,11?/m0/s1. The quantitative estimate of drug-likeness (QED) is 0.575. The molecule has 0 aliphatic carbocycles. The molecule has 0 heterocycles. The van der Waals surface area contributed by atoms with E-state index in [9.17, 15) is 23.9 Å². The monoisotopic (exact) mass is 337 g/mol. The third kappa shape index (κ3) is 5.68. The van der Waals surface area contributed by atoms with E-state index in [0.29, 0.717) is 0 Å². The average Bonchev–Trinajstić information content (AvgIpc) is 2.32. The summed E-state index contributed by atoms with van der Waals surface area (Å²) in [6.07, 6.45) is 0. The maximum atomic E-state index is 12.4. The Morgan fingerprint density at radius 3 is 1.73 bits per heavy atom. The summed E-state index contributed by atoms with van der Waals surface area (Å²) in [5.74, 6) is -1.31. The van der Waals surface area contributed by atoms with Crippen LogP contribution in [0.25, 0.3) is 0 Å². The number of carbonyl (C=O) groups excluding carboxylic acids is 2. The fourth-order valence-corrected chi connectivity index (χ4v) is 2.79. The molecule has 22 heavy (non-hydrogen) atoms. The van der Waals surface area contributed by atoms with Crippen molar-refractivity contribution in [2.75, 3.05) is 21.1 Å². The molecule has 0 aromatic rings. The molecule has 0 bridgehead atoms. The molecule has 3 N–H and O–H groups in total. The van der Waals surface area contributed by atoms with Crippen molar-refractivity contribution in [2.24, 2.45) is 11.8 Å². The second-order valence-corrected chi connectivity index (χ2v) is 7.90. The molecule has 9 heteroatoms. The van der Waals surface area contributed by atoms with Gasteiger partial charge in [0.15, 0.2) is 0 Å². The van der Waals surface area contributed by atoms with E-state index in [0.717, 1.165) is 4.67 Å². The number of likely N-dealkylation sites (N-methyl/N-ethyl adjacent to an activating group) is 2. The van der Waals surface area contributed by atoms with Gasteiger partial charge in [-0.3, -0.25) is 9.59 Å². The summed E-state index contributed by atoms with van der Waals surface area (Å²) in [6, 6.07) is -1.77. The highest BCUT2D eigenvalue weighted by atomic mass is 31.2. The second kappa shape index (κ2) is 8.06.